The average molecular weight is 594 g/mol. The van der Waals surface area contributed by atoms with Crippen molar-refractivity contribution in [1.82, 2.24) is 24.7 Å². The molecule has 3 heterocycles. The molecule has 1 aliphatic heterocycles. The number of likely N-dealkylation sites (N-methyl/N-ethyl adjacent to an activating group) is 1. The van der Waals surface area contributed by atoms with Gasteiger partial charge in [-0.15, -0.1) is 0 Å². The maximum absolute atomic E-state index is 14.3. The summed E-state index contributed by atoms with van der Waals surface area (Å²) in [5.41, 5.74) is 8.41. The first-order chi connectivity index (χ1) is 21.4. The minimum atomic E-state index is -0.546. The van der Waals surface area contributed by atoms with Gasteiger partial charge in [-0.2, -0.15) is 0 Å². The van der Waals surface area contributed by atoms with Crippen LogP contribution in [0.2, 0.25) is 0 Å². The van der Waals surface area contributed by atoms with Crippen LogP contribution in [0.25, 0.3) is 0 Å². The van der Waals surface area contributed by atoms with E-state index in [1.54, 1.807) is 17.3 Å². The van der Waals surface area contributed by atoms with Crippen LogP contribution < -0.4 is 0 Å². The number of nitrogens with zero attached hydrogens (tertiary/aromatic N) is 5. The minimum Gasteiger partial charge on any atom is -0.340 e. The summed E-state index contributed by atoms with van der Waals surface area (Å²) < 4.78 is 0. The molecule has 7 nitrogen and oxygen atoms in total. The van der Waals surface area contributed by atoms with Crippen molar-refractivity contribution in [2.75, 3.05) is 26.7 Å². The Morgan fingerprint density at radius 3 is 2.55 bits per heavy atom. The number of piperazine rings is 1. The third-order valence-corrected chi connectivity index (χ3v) is 10.0. The van der Waals surface area contributed by atoms with Gasteiger partial charge in [0.25, 0.3) is 0 Å². The molecule has 3 aromatic rings. The normalized spacial score (nSPS) is 20.8. The first-order valence-electron chi connectivity index (χ1n) is 16.6. The lowest BCUT2D eigenvalue weighted by Crippen LogP contribution is -2.61. The Balaban J connectivity index is 1.30. The number of aryl methyl sites for hydroxylation is 4. The van der Waals surface area contributed by atoms with Crippen LogP contribution in [0.1, 0.15) is 90.1 Å². The Kier molecular flexibility index (Phi) is 9.41. The highest BCUT2D eigenvalue weighted by Crippen LogP contribution is 2.38. The lowest BCUT2D eigenvalue weighted by Gasteiger charge is -2.45. The summed E-state index contributed by atoms with van der Waals surface area (Å²) in [6.07, 6.45) is 15.2. The first kappa shape index (κ1) is 30.4. The number of rotatable bonds is 7. The summed E-state index contributed by atoms with van der Waals surface area (Å²) in [6.45, 7) is 6.45. The fourth-order valence-electron chi connectivity index (χ4n) is 7.68. The van der Waals surface area contributed by atoms with Gasteiger partial charge in [0, 0.05) is 58.2 Å². The van der Waals surface area contributed by atoms with Gasteiger partial charge in [-0.1, -0.05) is 68.0 Å². The molecule has 1 aromatic carbocycles. The highest BCUT2D eigenvalue weighted by atomic mass is 16.2. The molecule has 2 amide bonds. The van der Waals surface area contributed by atoms with Crippen LogP contribution in [0.4, 0.5) is 0 Å². The van der Waals surface area contributed by atoms with E-state index in [9.17, 15) is 9.59 Å². The van der Waals surface area contributed by atoms with Crippen molar-refractivity contribution in [3.05, 3.63) is 94.1 Å². The molecule has 6 rings (SSSR count). The Morgan fingerprint density at radius 2 is 1.75 bits per heavy atom. The first-order valence-corrected chi connectivity index (χ1v) is 16.6. The molecule has 232 valence electrons. The second-order valence-corrected chi connectivity index (χ2v) is 13.4. The summed E-state index contributed by atoms with van der Waals surface area (Å²) in [6, 6.07) is 12.3. The lowest BCUT2D eigenvalue weighted by molar-refractivity contribution is -0.149. The topological polar surface area (TPSA) is 69.6 Å². The van der Waals surface area contributed by atoms with Gasteiger partial charge in [0.05, 0.1) is 11.7 Å². The molecule has 1 saturated carbocycles. The monoisotopic (exact) mass is 593 g/mol. The smallest absolute Gasteiger partial charge is 0.246 e. The van der Waals surface area contributed by atoms with Crippen LogP contribution in [0.3, 0.4) is 0 Å². The van der Waals surface area contributed by atoms with Gasteiger partial charge >= 0.3 is 0 Å². The van der Waals surface area contributed by atoms with E-state index >= 15 is 0 Å². The second kappa shape index (κ2) is 13.6. The highest BCUT2D eigenvalue weighted by molar-refractivity contribution is 5.88. The van der Waals surface area contributed by atoms with E-state index < -0.39 is 6.04 Å². The largest absolute Gasteiger partial charge is 0.340 e. The maximum Gasteiger partial charge on any atom is 0.246 e. The van der Waals surface area contributed by atoms with Gasteiger partial charge in [-0.3, -0.25) is 24.5 Å². The van der Waals surface area contributed by atoms with E-state index in [0.29, 0.717) is 38.5 Å². The van der Waals surface area contributed by atoms with Crippen molar-refractivity contribution >= 4 is 11.8 Å². The fraction of sp³-hybridized carbons (Fsp3) is 0.514. The Hall–Kier alpha value is -3.58. The van der Waals surface area contributed by atoms with E-state index in [0.717, 1.165) is 30.5 Å². The zero-order valence-corrected chi connectivity index (χ0v) is 26.7. The van der Waals surface area contributed by atoms with Crippen molar-refractivity contribution in [2.45, 2.75) is 90.3 Å². The molecule has 2 atom stereocenters. The molecule has 0 N–H and O–H groups in total. The molecule has 3 aliphatic rings. The molecule has 1 saturated heterocycles. The second-order valence-electron chi connectivity index (χ2n) is 13.4. The molecule has 2 unspecified atom stereocenters. The van der Waals surface area contributed by atoms with Crippen molar-refractivity contribution in [2.24, 2.45) is 5.92 Å². The van der Waals surface area contributed by atoms with E-state index in [1.807, 2.05) is 30.3 Å². The quantitative estimate of drug-likeness (QED) is 0.346. The number of benzene rings is 1. The third-order valence-electron chi connectivity index (χ3n) is 10.0. The number of hydrogen-bond acceptors (Lipinski definition) is 5. The van der Waals surface area contributed by atoms with Crippen LogP contribution in [-0.2, 0) is 29.0 Å². The zero-order chi connectivity index (χ0) is 30.6. The molecule has 0 radical (unpaired) electrons. The zero-order valence-electron chi connectivity index (χ0n) is 26.7. The number of hydrogen-bond donors (Lipinski definition) is 0. The van der Waals surface area contributed by atoms with E-state index in [-0.39, 0.29) is 17.9 Å². The summed E-state index contributed by atoms with van der Waals surface area (Å²) in [7, 11) is 1.85. The molecule has 2 aromatic heterocycles. The van der Waals surface area contributed by atoms with E-state index in [1.165, 1.54) is 59.9 Å². The SMILES string of the molecule is Cc1ccc2c(c1)CCc1cc(C)cnc1C2N1CCN(C(=O)CCC2CCCCC2)C(C(=O)N(C)Cc2cccnc2)C1. The van der Waals surface area contributed by atoms with Gasteiger partial charge in [0.1, 0.15) is 6.04 Å². The Labute approximate surface area is 262 Å². The molecule has 2 fully saturated rings. The molecule has 7 heteroatoms. The predicted octanol–water partition coefficient (Wildman–Crippen LogP) is 5.81. The van der Waals surface area contributed by atoms with Crippen LogP contribution in [0, 0.1) is 19.8 Å². The fourth-order valence-corrected chi connectivity index (χ4v) is 7.68. The Morgan fingerprint density at radius 1 is 0.955 bits per heavy atom. The number of carbonyl (C=O) groups is 2. The van der Waals surface area contributed by atoms with Gasteiger partial charge in [-0.25, -0.2) is 0 Å². The molecule has 0 bridgehead atoms. The summed E-state index contributed by atoms with van der Waals surface area (Å²) >= 11 is 0. The van der Waals surface area contributed by atoms with Crippen LogP contribution >= 0.6 is 0 Å². The lowest BCUT2D eigenvalue weighted by atomic mass is 9.86. The van der Waals surface area contributed by atoms with Gasteiger partial charge in [0.2, 0.25) is 11.8 Å². The van der Waals surface area contributed by atoms with Crippen molar-refractivity contribution in [3.63, 3.8) is 0 Å². The number of fused-ring (bicyclic) bond motifs is 2. The molecule has 0 spiro atoms. The van der Waals surface area contributed by atoms with Gasteiger partial charge in [0.15, 0.2) is 0 Å². The van der Waals surface area contributed by atoms with Crippen LogP contribution in [-0.4, -0.2) is 69.2 Å². The van der Waals surface area contributed by atoms with Crippen molar-refractivity contribution in [1.29, 1.82) is 0 Å². The van der Waals surface area contributed by atoms with Gasteiger partial charge < -0.3 is 9.80 Å². The van der Waals surface area contributed by atoms with Crippen LogP contribution in [0.15, 0.2) is 55.0 Å². The summed E-state index contributed by atoms with van der Waals surface area (Å²) in [4.78, 5) is 43.5. The van der Waals surface area contributed by atoms with E-state index in [2.05, 4.69) is 48.0 Å². The number of pyridine rings is 2. The summed E-state index contributed by atoms with van der Waals surface area (Å²) in [5, 5.41) is 0. The molecular weight excluding hydrogens is 546 g/mol. The van der Waals surface area contributed by atoms with Gasteiger partial charge in [-0.05, 0) is 72.9 Å². The van der Waals surface area contributed by atoms with Crippen molar-refractivity contribution < 1.29 is 9.59 Å². The molecule has 44 heavy (non-hydrogen) atoms. The Bertz CT molecular complexity index is 1410. The minimum absolute atomic E-state index is 0.0144. The predicted molar refractivity (Wildman–Crippen MR) is 173 cm³/mol. The standard InChI is InChI=1S/C37H47N5O2/c1-26-11-15-32-30(20-26)13-14-31-21-27(2)22-39-35(31)36(32)41-18-19-42(34(43)16-12-28-8-5-4-6-9-28)33(25-41)37(44)40(3)24-29-10-7-17-38-23-29/h7,10-11,15,17,20-23,28,33,36H,4-6,8-9,12-14,16,18-19,24-25H2,1-3H3. The summed E-state index contributed by atoms with van der Waals surface area (Å²) in [5.74, 6) is 0.738. The highest BCUT2D eigenvalue weighted by Gasteiger charge is 2.41. The van der Waals surface area contributed by atoms with Crippen molar-refractivity contribution in [3.8, 4) is 0 Å². The van der Waals surface area contributed by atoms with E-state index in [4.69, 9.17) is 4.98 Å². The number of aromatic nitrogens is 2. The molecule has 2 aliphatic carbocycles. The number of carbonyl (C=O) groups excluding carboxylic acids is 2. The van der Waals surface area contributed by atoms with Crippen LogP contribution in [0.5, 0.6) is 0 Å². The molecular formula is C37H47N5O2. The maximum atomic E-state index is 14.3. The number of amides is 2. The average Bonchev–Trinajstić information content (AvgIpc) is 3.20. The third kappa shape index (κ3) is 6.73.